The first kappa shape index (κ1) is 17.3. The summed E-state index contributed by atoms with van der Waals surface area (Å²) >= 11 is 5.97. The number of ether oxygens (including phenoxy) is 1. The van der Waals surface area contributed by atoms with Gasteiger partial charge < -0.3 is 4.74 Å². The Morgan fingerprint density at radius 1 is 0.917 bits per heavy atom. The van der Waals surface area contributed by atoms with Gasteiger partial charge in [0.25, 0.3) is 0 Å². The van der Waals surface area contributed by atoms with Gasteiger partial charge in [-0.05, 0) is 66.3 Å². The molecule has 0 aliphatic heterocycles. The number of methoxy groups -OCH3 is 1. The highest BCUT2D eigenvalue weighted by Crippen LogP contribution is 2.37. The van der Waals surface area contributed by atoms with Crippen LogP contribution in [-0.2, 0) is 4.74 Å². The number of hydrogen-bond acceptors (Lipinski definition) is 1. The number of allylic oxidation sites excluding steroid dienone is 1. The summed E-state index contributed by atoms with van der Waals surface area (Å²) in [5.74, 6) is 1.43. The van der Waals surface area contributed by atoms with Crippen LogP contribution < -0.4 is 0 Å². The van der Waals surface area contributed by atoms with Gasteiger partial charge in [0.05, 0.1) is 6.61 Å². The van der Waals surface area contributed by atoms with Crippen molar-refractivity contribution in [3.05, 3.63) is 71.3 Å². The Morgan fingerprint density at radius 3 is 2.08 bits per heavy atom. The summed E-state index contributed by atoms with van der Waals surface area (Å²) in [5, 5.41) is 0.784. The molecule has 126 valence electrons. The van der Waals surface area contributed by atoms with Crippen LogP contribution in [0.25, 0.3) is 11.1 Å². The zero-order valence-electron chi connectivity index (χ0n) is 14.2. The summed E-state index contributed by atoms with van der Waals surface area (Å²) in [7, 11) is 1.74. The van der Waals surface area contributed by atoms with E-state index < -0.39 is 0 Å². The Hall–Kier alpha value is -1.57. The van der Waals surface area contributed by atoms with E-state index >= 15 is 0 Å². The molecule has 1 fully saturated rings. The van der Waals surface area contributed by atoms with Crippen molar-refractivity contribution in [2.45, 2.75) is 31.6 Å². The van der Waals surface area contributed by atoms with Gasteiger partial charge in [-0.3, -0.25) is 0 Å². The number of benzene rings is 2. The van der Waals surface area contributed by atoms with Crippen molar-refractivity contribution in [2.24, 2.45) is 5.92 Å². The van der Waals surface area contributed by atoms with Crippen molar-refractivity contribution >= 4 is 11.6 Å². The Balaban J connectivity index is 1.59. The molecule has 0 saturated heterocycles. The van der Waals surface area contributed by atoms with E-state index in [4.69, 9.17) is 16.3 Å². The van der Waals surface area contributed by atoms with Crippen LogP contribution in [0.5, 0.6) is 0 Å². The van der Waals surface area contributed by atoms with Gasteiger partial charge in [0, 0.05) is 12.1 Å². The maximum atomic E-state index is 5.97. The Labute approximate surface area is 150 Å². The van der Waals surface area contributed by atoms with E-state index in [0.29, 0.717) is 5.92 Å². The molecule has 0 amide bonds. The van der Waals surface area contributed by atoms with Crippen LogP contribution in [0.2, 0.25) is 5.02 Å². The fourth-order valence-corrected chi connectivity index (χ4v) is 3.71. The minimum Gasteiger partial charge on any atom is -0.381 e. The lowest BCUT2D eigenvalue weighted by Crippen LogP contribution is -2.11. The summed E-state index contributed by atoms with van der Waals surface area (Å²) in [4.78, 5) is 0. The van der Waals surface area contributed by atoms with Crippen molar-refractivity contribution in [1.29, 1.82) is 0 Å². The second kappa shape index (κ2) is 8.50. The van der Waals surface area contributed by atoms with Crippen molar-refractivity contribution in [2.75, 3.05) is 13.7 Å². The summed E-state index contributed by atoms with van der Waals surface area (Å²) in [5.41, 5.74) is 3.96. The maximum absolute atomic E-state index is 5.97. The van der Waals surface area contributed by atoms with Crippen molar-refractivity contribution in [1.82, 2.24) is 0 Å². The van der Waals surface area contributed by atoms with Crippen LogP contribution >= 0.6 is 11.6 Å². The molecule has 0 unspecified atom stereocenters. The standard InChI is InChI=1S/C22H25ClO/c1-24-16-2-3-17-4-6-18(7-5-17)19-8-10-20(11-9-19)21-12-14-22(23)15-13-21/h2-3,8-15,17-18H,4-7,16H2,1H3/b3-2+/t17-,18-. The zero-order valence-corrected chi connectivity index (χ0v) is 15.0. The molecule has 0 radical (unpaired) electrons. The van der Waals surface area contributed by atoms with Gasteiger partial charge >= 0.3 is 0 Å². The molecule has 0 aromatic heterocycles. The van der Waals surface area contributed by atoms with Crippen molar-refractivity contribution < 1.29 is 4.74 Å². The SMILES string of the molecule is COC/C=C/[C@H]1CC[C@H](c2ccc(-c3ccc(Cl)cc3)cc2)CC1. The van der Waals surface area contributed by atoms with Gasteiger partial charge in [0.15, 0.2) is 0 Å². The molecule has 2 aromatic carbocycles. The Bertz CT molecular complexity index is 649. The van der Waals surface area contributed by atoms with E-state index in [0.717, 1.165) is 17.5 Å². The third kappa shape index (κ3) is 4.49. The molecule has 1 aliphatic rings. The van der Waals surface area contributed by atoms with E-state index in [9.17, 15) is 0 Å². The predicted octanol–water partition coefficient (Wildman–Crippen LogP) is 6.48. The van der Waals surface area contributed by atoms with E-state index in [-0.39, 0.29) is 0 Å². The highest BCUT2D eigenvalue weighted by molar-refractivity contribution is 6.30. The van der Waals surface area contributed by atoms with Gasteiger partial charge in [-0.2, -0.15) is 0 Å². The van der Waals surface area contributed by atoms with Gasteiger partial charge in [-0.15, -0.1) is 0 Å². The summed E-state index contributed by atoms with van der Waals surface area (Å²) in [6, 6.07) is 17.1. The zero-order chi connectivity index (χ0) is 16.8. The van der Waals surface area contributed by atoms with E-state index in [1.54, 1.807) is 7.11 Å². The molecule has 1 aliphatic carbocycles. The summed E-state index contributed by atoms with van der Waals surface area (Å²) in [6.07, 6.45) is 9.62. The predicted molar refractivity (Wildman–Crippen MR) is 103 cm³/mol. The number of halogens is 1. The second-order valence-corrected chi connectivity index (χ2v) is 7.06. The normalized spacial score (nSPS) is 21.2. The summed E-state index contributed by atoms with van der Waals surface area (Å²) < 4.78 is 5.08. The lowest BCUT2D eigenvalue weighted by molar-refractivity contribution is 0.233. The first-order valence-electron chi connectivity index (χ1n) is 8.78. The van der Waals surface area contributed by atoms with E-state index in [2.05, 4.69) is 48.6 Å². The topological polar surface area (TPSA) is 9.23 Å². The van der Waals surface area contributed by atoms with E-state index in [1.807, 2.05) is 12.1 Å². The molecule has 2 aromatic rings. The van der Waals surface area contributed by atoms with Crippen LogP contribution in [0.3, 0.4) is 0 Å². The van der Waals surface area contributed by atoms with Crippen molar-refractivity contribution in [3.8, 4) is 11.1 Å². The highest BCUT2D eigenvalue weighted by Gasteiger charge is 2.20. The minimum absolute atomic E-state index is 0.705. The average molecular weight is 341 g/mol. The maximum Gasteiger partial charge on any atom is 0.0643 e. The van der Waals surface area contributed by atoms with Gasteiger partial charge in [-0.1, -0.05) is 60.2 Å². The number of hydrogen-bond donors (Lipinski definition) is 0. The molecule has 0 N–H and O–H groups in total. The lowest BCUT2D eigenvalue weighted by atomic mass is 9.78. The van der Waals surface area contributed by atoms with Gasteiger partial charge in [-0.25, -0.2) is 0 Å². The summed E-state index contributed by atoms with van der Waals surface area (Å²) in [6.45, 7) is 0.728. The molecule has 1 nitrogen and oxygen atoms in total. The Morgan fingerprint density at radius 2 is 1.50 bits per heavy atom. The molecule has 2 heteroatoms. The quantitative estimate of drug-likeness (QED) is 0.566. The third-order valence-electron chi connectivity index (χ3n) is 5.00. The largest absolute Gasteiger partial charge is 0.381 e. The molecule has 1 saturated carbocycles. The molecule has 0 atom stereocenters. The van der Waals surface area contributed by atoms with Crippen molar-refractivity contribution in [3.63, 3.8) is 0 Å². The highest BCUT2D eigenvalue weighted by atomic mass is 35.5. The lowest BCUT2D eigenvalue weighted by Gasteiger charge is -2.27. The molecule has 0 bridgehead atoms. The fraction of sp³-hybridized carbons (Fsp3) is 0.364. The fourth-order valence-electron chi connectivity index (χ4n) is 3.58. The Kier molecular flexibility index (Phi) is 6.12. The van der Waals surface area contributed by atoms with Crippen LogP contribution in [0.1, 0.15) is 37.2 Å². The average Bonchev–Trinajstić information content (AvgIpc) is 2.63. The minimum atomic E-state index is 0.705. The molecule has 3 rings (SSSR count). The van der Waals surface area contributed by atoms with Crippen LogP contribution in [0, 0.1) is 5.92 Å². The first-order chi connectivity index (χ1) is 11.8. The van der Waals surface area contributed by atoms with E-state index in [1.165, 1.54) is 42.4 Å². The third-order valence-corrected chi connectivity index (χ3v) is 5.25. The van der Waals surface area contributed by atoms with Gasteiger partial charge in [0.1, 0.15) is 0 Å². The number of rotatable bonds is 5. The second-order valence-electron chi connectivity index (χ2n) is 6.62. The molecule has 0 heterocycles. The monoisotopic (exact) mass is 340 g/mol. The molecular formula is C22H25ClO. The molecule has 24 heavy (non-hydrogen) atoms. The molecular weight excluding hydrogens is 316 g/mol. The first-order valence-corrected chi connectivity index (χ1v) is 9.15. The van der Waals surface area contributed by atoms with Gasteiger partial charge in [0.2, 0.25) is 0 Å². The van der Waals surface area contributed by atoms with Crippen LogP contribution in [-0.4, -0.2) is 13.7 Å². The smallest absolute Gasteiger partial charge is 0.0643 e. The molecule has 0 spiro atoms. The van der Waals surface area contributed by atoms with Crippen LogP contribution in [0.4, 0.5) is 0 Å². The van der Waals surface area contributed by atoms with Crippen LogP contribution in [0.15, 0.2) is 60.7 Å².